The lowest BCUT2D eigenvalue weighted by Crippen LogP contribution is -2.50. The van der Waals surface area contributed by atoms with Gasteiger partial charge in [-0.2, -0.15) is 0 Å². The number of carbonyl (C=O) groups excluding carboxylic acids is 2. The van der Waals surface area contributed by atoms with Gasteiger partial charge in [0.2, 0.25) is 11.8 Å². The molecule has 4 nitrogen and oxygen atoms in total. The van der Waals surface area contributed by atoms with E-state index in [4.69, 9.17) is 11.6 Å². The molecule has 2 amide bonds. The van der Waals surface area contributed by atoms with Gasteiger partial charge in [-0.25, -0.2) is 4.39 Å². The van der Waals surface area contributed by atoms with Crippen molar-refractivity contribution in [1.82, 2.24) is 10.2 Å². The van der Waals surface area contributed by atoms with Gasteiger partial charge in [-0.15, -0.1) is 11.8 Å². The third kappa shape index (κ3) is 6.97. The van der Waals surface area contributed by atoms with Gasteiger partial charge in [-0.05, 0) is 37.5 Å². The van der Waals surface area contributed by atoms with Gasteiger partial charge in [0.1, 0.15) is 11.9 Å². The predicted molar refractivity (Wildman–Crippen MR) is 129 cm³/mol. The van der Waals surface area contributed by atoms with Crippen LogP contribution in [0.1, 0.15) is 50.2 Å². The number of rotatable bonds is 9. The molecule has 0 spiro atoms. The second-order valence-electron chi connectivity index (χ2n) is 8.22. The van der Waals surface area contributed by atoms with Gasteiger partial charge in [0.25, 0.3) is 0 Å². The monoisotopic (exact) mass is 476 g/mol. The number of amides is 2. The fourth-order valence-electron chi connectivity index (χ4n) is 3.93. The van der Waals surface area contributed by atoms with Gasteiger partial charge in [-0.3, -0.25) is 9.59 Å². The van der Waals surface area contributed by atoms with Crippen LogP contribution in [-0.2, 0) is 21.9 Å². The van der Waals surface area contributed by atoms with E-state index < -0.39 is 6.04 Å². The highest BCUT2D eigenvalue weighted by atomic mass is 35.5. The van der Waals surface area contributed by atoms with Gasteiger partial charge in [0, 0.05) is 28.9 Å². The van der Waals surface area contributed by atoms with Crippen molar-refractivity contribution in [1.29, 1.82) is 0 Å². The molecule has 32 heavy (non-hydrogen) atoms. The van der Waals surface area contributed by atoms with E-state index >= 15 is 0 Å². The lowest BCUT2D eigenvalue weighted by molar-refractivity contribution is -0.139. The zero-order valence-corrected chi connectivity index (χ0v) is 19.9. The molecule has 1 fully saturated rings. The Morgan fingerprint density at radius 1 is 1.12 bits per heavy atom. The van der Waals surface area contributed by atoms with Crippen molar-refractivity contribution in [2.24, 2.45) is 0 Å². The average molecular weight is 477 g/mol. The molecule has 2 aromatic carbocycles. The van der Waals surface area contributed by atoms with E-state index in [2.05, 4.69) is 5.32 Å². The van der Waals surface area contributed by atoms with Crippen LogP contribution in [0.15, 0.2) is 48.5 Å². The standard InChI is InChI=1S/C25H30ClFN2O2S/c1-18(25(31)28-20-11-6-3-7-12-20)29(15-19-9-4-2-5-10-19)24(30)17-32-16-21-22(26)13-8-14-23(21)27/h2,4-5,8-10,13-14,18,20H,3,6-7,11-12,15-17H2,1H3,(H,28,31)/t18-/m1/s1. The van der Waals surface area contributed by atoms with Gasteiger partial charge in [0.05, 0.1) is 5.75 Å². The average Bonchev–Trinajstić information content (AvgIpc) is 2.80. The Morgan fingerprint density at radius 3 is 2.53 bits per heavy atom. The smallest absolute Gasteiger partial charge is 0.242 e. The van der Waals surface area contributed by atoms with Crippen molar-refractivity contribution in [3.63, 3.8) is 0 Å². The van der Waals surface area contributed by atoms with Crippen LogP contribution in [0.3, 0.4) is 0 Å². The number of hydrogen-bond acceptors (Lipinski definition) is 3. The molecule has 2 aromatic rings. The zero-order chi connectivity index (χ0) is 22.9. The maximum Gasteiger partial charge on any atom is 0.242 e. The van der Waals surface area contributed by atoms with Crippen molar-refractivity contribution in [2.45, 2.75) is 63.4 Å². The number of hydrogen-bond donors (Lipinski definition) is 1. The second kappa shape index (κ2) is 12.3. The minimum atomic E-state index is -0.595. The first-order chi connectivity index (χ1) is 15.5. The molecule has 1 aliphatic rings. The molecule has 1 N–H and O–H groups in total. The minimum Gasteiger partial charge on any atom is -0.352 e. The molecule has 172 valence electrons. The molecule has 1 atom stereocenters. The van der Waals surface area contributed by atoms with E-state index in [-0.39, 0.29) is 29.4 Å². The molecule has 0 saturated heterocycles. The molecule has 0 unspecified atom stereocenters. The topological polar surface area (TPSA) is 49.4 Å². The highest BCUT2D eigenvalue weighted by Gasteiger charge is 2.28. The summed E-state index contributed by atoms with van der Waals surface area (Å²) in [6.07, 6.45) is 5.45. The summed E-state index contributed by atoms with van der Waals surface area (Å²) in [4.78, 5) is 27.7. The molecule has 0 aromatic heterocycles. The van der Waals surface area contributed by atoms with Crippen molar-refractivity contribution >= 4 is 35.2 Å². The first-order valence-corrected chi connectivity index (χ1v) is 12.6. The fraction of sp³-hybridized carbons (Fsp3) is 0.440. The molecule has 3 rings (SSSR count). The number of nitrogens with zero attached hydrogens (tertiary/aromatic N) is 1. The van der Waals surface area contributed by atoms with Gasteiger partial charge < -0.3 is 10.2 Å². The summed E-state index contributed by atoms with van der Waals surface area (Å²) in [5.41, 5.74) is 1.35. The minimum absolute atomic E-state index is 0.122. The van der Waals surface area contributed by atoms with E-state index in [1.807, 2.05) is 30.3 Å². The van der Waals surface area contributed by atoms with Crippen LogP contribution in [-0.4, -0.2) is 34.6 Å². The molecule has 7 heteroatoms. The third-order valence-electron chi connectivity index (χ3n) is 5.85. The molecule has 0 radical (unpaired) electrons. The Balaban J connectivity index is 1.65. The zero-order valence-electron chi connectivity index (χ0n) is 18.4. The fourth-order valence-corrected chi connectivity index (χ4v) is 5.17. The summed E-state index contributed by atoms with van der Waals surface area (Å²) in [7, 11) is 0. The van der Waals surface area contributed by atoms with Crippen molar-refractivity contribution in [2.75, 3.05) is 5.75 Å². The maximum atomic E-state index is 14.0. The molecular weight excluding hydrogens is 447 g/mol. The normalized spacial score (nSPS) is 15.2. The van der Waals surface area contributed by atoms with Crippen molar-refractivity contribution in [3.05, 3.63) is 70.5 Å². The van der Waals surface area contributed by atoms with E-state index in [1.165, 1.54) is 24.2 Å². The summed E-state index contributed by atoms with van der Waals surface area (Å²) < 4.78 is 14.0. The number of nitrogens with one attached hydrogen (secondary N) is 1. The summed E-state index contributed by atoms with van der Waals surface area (Å²) in [6, 6.07) is 13.8. The summed E-state index contributed by atoms with van der Waals surface area (Å²) in [6.45, 7) is 2.12. The number of halogens is 2. The van der Waals surface area contributed by atoms with Crippen LogP contribution in [0.4, 0.5) is 4.39 Å². The Bertz CT molecular complexity index is 886. The Hall–Kier alpha value is -2.05. The van der Waals surface area contributed by atoms with E-state index in [0.29, 0.717) is 22.9 Å². The van der Waals surface area contributed by atoms with Crippen molar-refractivity contribution < 1.29 is 14.0 Å². The summed E-state index contributed by atoms with van der Waals surface area (Å²) in [5.74, 6) is -0.225. The van der Waals surface area contributed by atoms with E-state index in [9.17, 15) is 14.0 Å². The SMILES string of the molecule is C[C@H](C(=O)NC1CCCCC1)N(Cc1ccccc1)C(=O)CSCc1c(F)cccc1Cl. The van der Waals surface area contributed by atoms with E-state index in [1.54, 1.807) is 24.0 Å². The molecule has 1 saturated carbocycles. The Labute approximate surface area is 198 Å². The highest BCUT2D eigenvalue weighted by Crippen LogP contribution is 2.24. The molecule has 0 aliphatic heterocycles. The van der Waals surface area contributed by atoms with Crippen LogP contribution >= 0.6 is 23.4 Å². The van der Waals surface area contributed by atoms with Crippen LogP contribution in [0.2, 0.25) is 5.02 Å². The van der Waals surface area contributed by atoms with Gasteiger partial charge >= 0.3 is 0 Å². The molecule has 1 aliphatic carbocycles. The third-order valence-corrected chi connectivity index (χ3v) is 7.15. The Morgan fingerprint density at radius 2 is 1.84 bits per heavy atom. The molecular formula is C25H30ClFN2O2S. The van der Waals surface area contributed by atoms with Crippen LogP contribution < -0.4 is 5.32 Å². The lowest BCUT2D eigenvalue weighted by Gasteiger charge is -2.31. The van der Waals surface area contributed by atoms with E-state index in [0.717, 1.165) is 31.2 Å². The largest absolute Gasteiger partial charge is 0.352 e. The number of benzene rings is 2. The lowest BCUT2D eigenvalue weighted by atomic mass is 9.95. The van der Waals surface area contributed by atoms with Crippen molar-refractivity contribution in [3.8, 4) is 0 Å². The Kier molecular flexibility index (Phi) is 9.42. The number of thioether (sulfide) groups is 1. The maximum absolute atomic E-state index is 14.0. The summed E-state index contributed by atoms with van der Waals surface area (Å²) in [5, 5.41) is 3.48. The van der Waals surface area contributed by atoms with Gasteiger partial charge in [-0.1, -0.05) is 67.3 Å². The molecule has 0 heterocycles. The summed E-state index contributed by atoms with van der Waals surface area (Å²) >= 11 is 7.40. The second-order valence-corrected chi connectivity index (χ2v) is 9.61. The van der Waals surface area contributed by atoms with Crippen LogP contribution in [0, 0.1) is 5.82 Å². The number of carbonyl (C=O) groups is 2. The highest BCUT2D eigenvalue weighted by molar-refractivity contribution is 7.99. The first kappa shape index (κ1) is 24.6. The van der Waals surface area contributed by atoms with Crippen LogP contribution in [0.5, 0.6) is 0 Å². The quantitative estimate of drug-likeness (QED) is 0.514. The van der Waals surface area contributed by atoms with Gasteiger partial charge in [0.15, 0.2) is 0 Å². The first-order valence-electron chi connectivity index (χ1n) is 11.1. The molecule has 0 bridgehead atoms. The van der Waals surface area contributed by atoms with Crippen LogP contribution in [0.25, 0.3) is 0 Å². The predicted octanol–water partition coefficient (Wildman–Crippen LogP) is 5.58.